The van der Waals surface area contributed by atoms with Crippen LogP contribution in [0.2, 0.25) is 0 Å². The molecule has 1 aromatic rings. The smallest absolute Gasteiger partial charge is 0.336 e. The Morgan fingerprint density at radius 1 is 1.38 bits per heavy atom. The van der Waals surface area contributed by atoms with Gasteiger partial charge in [0.05, 0.1) is 11.0 Å². The van der Waals surface area contributed by atoms with E-state index in [0.717, 1.165) is 13.0 Å². The van der Waals surface area contributed by atoms with Gasteiger partial charge in [0.25, 0.3) is 0 Å². The molecule has 1 aromatic carbocycles. The zero-order chi connectivity index (χ0) is 15.6. The Labute approximate surface area is 124 Å². The molecule has 1 atom stereocenters. The summed E-state index contributed by atoms with van der Waals surface area (Å²) in [5, 5.41) is 15.3. The lowest BCUT2D eigenvalue weighted by atomic mass is 9.75. The minimum Gasteiger partial charge on any atom is -0.478 e. The molecule has 1 saturated heterocycles. The zero-order valence-corrected chi connectivity index (χ0v) is 12.7. The molecule has 5 heteroatoms. The van der Waals surface area contributed by atoms with Crippen LogP contribution in [-0.4, -0.2) is 30.1 Å². The van der Waals surface area contributed by atoms with E-state index in [0.29, 0.717) is 17.8 Å². The molecule has 0 spiro atoms. The lowest BCUT2D eigenvalue weighted by Gasteiger charge is -2.31. The Balaban J connectivity index is 2.28. The van der Waals surface area contributed by atoms with Gasteiger partial charge in [0.1, 0.15) is 0 Å². The van der Waals surface area contributed by atoms with Crippen LogP contribution in [0.15, 0.2) is 18.2 Å². The number of carbonyl (C=O) groups is 2. The molecule has 0 bridgehead atoms. The van der Waals surface area contributed by atoms with Crippen LogP contribution in [0.3, 0.4) is 0 Å². The van der Waals surface area contributed by atoms with E-state index in [9.17, 15) is 9.59 Å². The Morgan fingerprint density at radius 3 is 2.62 bits per heavy atom. The number of anilines is 1. The first-order valence-corrected chi connectivity index (χ1v) is 7.23. The SMILES string of the molecule is Cc1c(NC(=O)C2(C(C)C)CCNC2)cccc1C(=O)O. The molecule has 1 amide bonds. The van der Waals surface area contributed by atoms with Crippen LogP contribution in [0.25, 0.3) is 0 Å². The summed E-state index contributed by atoms with van der Waals surface area (Å²) >= 11 is 0. The summed E-state index contributed by atoms with van der Waals surface area (Å²) in [6, 6.07) is 4.94. The first kappa shape index (κ1) is 15.5. The molecule has 0 aliphatic carbocycles. The Bertz CT molecular complexity index is 561. The third-order valence-electron chi connectivity index (χ3n) is 4.56. The molecule has 114 valence electrons. The number of carboxylic acids is 1. The van der Waals surface area contributed by atoms with Crippen molar-refractivity contribution in [2.24, 2.45) is 11.3 Å². The van der Waals surface area contributed by atoms with Crippen LogP contribution in [0, 0.1) is 18.3 Å². The van der Waals surface area contributed by atoms with E-state index in [1.54, 1.807) is 25.1 Å². The molecule has 0 aromatic heterocycles. The minimum atomic E-state index is -0.982. The topological polar surface area (TPSA) is 78.4 Å². The lowest BCUT2D eigenvalue weighted by Crippen LogP contribution is -2.42. The van der Waals surface area contributed by atoms with Gasteiger partial charge in [-0.05, 0) is 43.5 Å². The van der Waals surface area contributed by atoms with Gasteiger partial charge in [-0.25, -0.2) is 4.79 Å². The number of hydrogen-bond acceptors (Lipinski definition) is 3. The normalized spacial score (nSPS) is 21.5. The Hall–Kier alpha value is -1.88. The fourth-order valence-corrected chi connectivity index (χ4v) is 2.91. The standard InChI is InChI=1S/C16H22N2O3/c1-10(2)16(7-8-17-9-16)15(21)18-13-6-4-5-12(11(13)3)14(19)20/h4-6,10,17H,7-9H2,1-3H3,(H,18,21)(H,19,20). The molecular weight excluding hydrogens is 268 g/mol. The van der Waals surface area contributed by atoms with E-state index < -0.39 is 11.4 Å². The lowest BCUT2D eigenvalue weighted by molar-refractivity contribution is -0.126. The highest BCUT2D eigenvalue weighted by molar-refractivity contribution is 5.99. The highest BCUT2D eigenvalue weighted by Crippen LogP contribution is 2.35. The molecule has 1 unspecified atom stereocenters. The summed E-state index contributed by atoms with van der Waals surface area (Å²) in [5.74, 6) is -0.798. The third-order valence-corrected chi connectivity index (χ3v) is 4.56. The van der Waals surface area contributed by atoms with Crippen LogP contribution in [0.1, 0.15) is 36.2 Å². The highest BCUT2D eigenvalue weighted by Gasteiger charge is 2.43. The monoisotopic (exact) mass is 290 g/mol. The van der Waals surface area contributed by atoms with Crippen molar-refractivity contribution in [2.45, 2.75) is 27.2 Å². The molecule has 3 N–H and O–H groups in total. The van der Waals surface area contributed by atoms with Crippen LogP contribution in [-0.2, 0) is 4.79 Å². The van der Waals surface area contributed by atoms with Crippen molar-refractivity contribution in [1.82, 2.24) is 5.32 Å². The summed E-state index contributed by atoms with van der Waals surface area (Å²) in [6.45, 7) is 7.31. The molecular formula is C16H22N2O3. The maximum absolute atomic E-state index is 12.7. The second-order valence-corrected chi connectivity index (χ2v) is 5.98. The van der Waals surface area contributed by atoms with Gasteiger partial charge in [-0.1, -0.05) is 19.9 Å². The van der Waals surface area contributed by atoms with E-state index in [-0.39, 0.29) is 17.4 Å². The maximum Gasteiger partial charge on any atom is 0.336 e. The molecule has 5 nitrogen and oxygen atoms in total. The van der Waals surface area contributed by atoms with Gasteiger partial charge in [0.15, 0.2) is 0 Å². The summed E-state index contributed by atoms with van der Waals surface area (Å²) < 4.78 is 0. The van der Waals surface area contributed by atoms with Crippen molar-refractivity contribution in [3.8, 4) is 0 Å². The predicted molar refractivity (Wildman–Crippen MR) is 81.5 cm³/mol. The molecule has 0 radical (unpaired) electrons. The number of amides is 1. The van der Waals surface area contributed by atoms with Crippen LogP contribution in [0.4, 0.5) is 5.69 Å². The minimum absolute atomic E-state index is 0.0341. The van der Waals surface area contributed by atoms with Gasteiger partial charge >= 0.3 is 5.97 Å². The van der Waals surface area contributed by atoms with E-state index in [1.807, 2.05) is 13.8 Å². The summed E-state index contributed by atoms with van der Waals surface area (Å²) in [6.07, 6.45) is 0.800. The second kappa shape index (κ2) is 5.85. The van der Waals surface area contributed by atoms with Crippen LogP contribution in [0.5, 0.6) is 0 Å². The Kier molecular flexibility index (Phi) is 4.32. The molecule has 1 aliphatic heterocycles. The van der Waals surface area contributed by atoms with Crippen molar-refractivity contribution >= 4 is 17.6 Å². The average Bonchev–Trinajstić information content (AvgIpc) is 2.91. The van der Waals surface area contributed by atoms with Crippen LogP contribution < -0.4 is 10.6 Å². The van der Waals surface area contributed by atoms with E-state index >= 15 is 0 Å². The number of aromatic carboxylic acids is 1. The summed E-state index contributed by atoms with van der Waals surface area (Å²) in [4.78, 5) is 23.9. The summed E-state index contributed by atoms with van der Waals surface area (Å²) in [5.41, 5.74) is 0.956. The van der Waals surface area contributed by atoms with Crippen LogP contribution >= 0.6 is 0 Å². The second-order valence-electron chi connectivity index (χ2n) is 5.98. The quantitative estimate of drug-likeness (QED) is 0.795. The number of carboxylic acid groups (broad SMARTS) is 1. The van der Waals surface area contributed by atoms with Crippen molar-refractivity contribution in [3.05, 3.63) is 29.3 Å². The molecule has 1 heterocycles. The fourth-order valence-electron chi connectivity index (χ4n) is 2.91. The van der Waals surface area contributed by atoms with Gasteiger partial charge in [-0.3, -0.25) is 4.79 Å². The van der Waals surface area contributed by atoms with Gasteiger partial charge in [0.2, 0.25) is 5.91 Å². The number of rotatable bonds is 4. The van der Waals surface area contributed by atoms with Gasteiger partial charge < -0.3 is 15.7 Å². The van der Waals surface area contributed by atoms with E-state index in [1.165, 1.54) is 0 Å². The van der Waals surface area contributed by atoms with Crippen molar-refractivity contribution in [2.75, 3.05) is 18.4 Å². The van der Waals surface area contributed by atoms with Crippen molar-refractivity contribution in [1.29, 1.82) is 0 Å². The molecule has 1 fully saturated rings. The number of hydrogen-bond donors (Lipinski definition) is 3. The van der Waals surface area contributed by atoms with E-state index in [2.05, 4.69) is 10.6 Å². The average molecular weight is 290 g/mol. The number of carbonyl (C=O) groups excluding carboxylic acids is 1. The van der Waals surface area contributed by atoms with Crippen molar-refractivity contribution in [3.63, 3.8) is 0 Å². The molecule has 1 aliphatic rings. The van der Waals surface area contributed by atoms with E-state index in [4.69, 9.17) is 5.11 Å². The number of benzene rings is 1. The first-order chi connectivity index (χ1) is 9.88. The third kappa shape index (κ3) is 2.78. The highest BCUT2D eigenvalue weighted by atomic mass is 16.4. The fraction of sp³-hybridized carbons (Fsp3) is 0.500. The number of nitrogens with one attached hydrogen (secondary N) is 2. The predicted octanol–water partition coefficient (Wildman–Crippen LogP) is 2.27. The summed E-state index contributed by atoms with van der Waals surface area (Å²) in [7, 11) is 0. The Morgan fingerprint density at radius 2 is 2.10 bits per heavy atom. The van der Waals surface area contributed by atoms with Crippen molar-refractivity contribution < 1.29 is 14.7 Å². The largest absolute Gasteiger partial charge is 0.478 e. The molecule has 0 saturated carbocycles. The first-order valence-electron chi connectivity index (χ1n) is 7.23. The van der Waals surface area contributed by atoms with Gasteiger partial charge in [0, 0.05) is 12.2 Å². The zero-order valence-electron chi connectivity index (χ0n) is 12.7. The van der Waals surface area contributed by atoms with Gasteiger partial charge in [-0.15, -0.1) is 0 Å². The molecule has 2 rings (SSSR count). The molecule has 21 heavy (non-hydrogen) atoms. The maximum atomic E-state index is 12.7. The van der Waals surface area contributed by atoms with Gasteiger partial charge in [-0.2, -0.15) is 0 Å².